The summed E-state index contributed by atoms with van der Waals surface area (Å²) < 4.78 is 22.1. The fourth-order valence-electron chi connectivity index (χ4n) is 2.14. The number of hydrogen-bond donors (Lipinski definition) is 0. The van der Waals surface area contributed by atoms with E-state index in [1.165, 1.54) is 12.5 Å². The molecule has 1 aromatic carbocycles. The maximum absolute atomic E-state index is 6.13. The number of benzene rings is 1. The molecule has 7 heteroatoms. The van der Waals surface area contributed by atoms with Crippen molar-refractivity contribution < 1.29 is 17.7 Å². The van der Waals surface area contributed by atoms with Gasteiger partial charge in [-0.15, -0.1) is 0 Å². The third kappa shape index (κ3) is 2.79. The Morgan fingerprint density at radius 2 is 1.42 bits per heavy atom. The van der Waals surface area contributed by atoms with Gasteiger partial charge < -0.3 is 17.7 Å². The van der Waals surface area contributed by atoms with Gasteiger partial charge in [-0.05, 0) is 42.5 Å². The molecule has 3 aromatic heterocycles. The highest BCUT2D eigenvalue weighted by atomic mass is 35.5. The lowest BCUT2D eigenvalue weighted by atomic mass is 10.2. The Morgan fingerprint density at radius 1 is 0.792 bits per heavy atom. The standard InChI is InChI=1S/C17H9Cl2NO4/c18-10-5-6-12(11(19)9-10)20-17-23-15(13-3-1-7-21-13)16(24-17)14-4-2-8-22-14/h1-9H. The quantitative estimate of drug-likeness (QED) is 0.453. The van der Waals surface area contributed by atoms with Gasteiger partial charge in [0.05, 0.1) is 23.2 Å². The zero-order valence-electron chi connectivity index (χ0n) is 12.0. The summed E-state index contributed by atoms with van der Waals surface area (Å²) >= 11 is 12.0. The molecule has 0 aliphatic heterocycles. The minimum absolute atomic E-state index is 0.0111. The first-order valence-electron chi connectivity index (χ1n) is 6.92. The fraction of sp³-hybridized carbons (Fsp3) is 0. The second-order valence-corrected chi connectivity index (χ2v) is 5.63. The fourth-order valence-corrected chi connectivity index (χ4v) is 2.59. The largest absolute Gasteiger partial charge is 0.461 e. The minimum atomic E-state index is 0.0111. The second kappa shape index (κ2) is 6.11. The molecule has 24 heavy (non-hydrogen) atoms. The Kier molecular flexibility index (Phi) is 3.80. The Balaban J connectivity index is 1.88. The van der Waals surface area contributed by atoms with Crippen molar-refractivity contribution in [3.63, 3.8) is 0 Å². The summed E-state index contributed by atoms with van der Waals surface area (Å²) in [7, 11) is 0. The minimum Gasteiger partial charge on any atom is -0.461 e. The third-order valence-corrected chi connectivity index (χ3v) is 3.73. The van der Waals surface area contributed by atoms with Gasteiger partial charge in [0.2, 0.25) is 11.5 Å². The average Bonchev–Trinajstić information content (AvgIpc) is 3.30. The van der Waals surface area contributed by atoms with Crippen molar-refractivity contribution in [1.82, 2.24) is 0 Å². The molecule has 0 saturated carbocycles. The maximum atomic E-state index is 6.13. The van der Waals surface area contributed by atoms with Gasteiger partial charge in [-0.25, -0.2) is 0 Å². The number of halogens is 2. The molecule has 0 unspecified atom stereocenters. The van der Waals surface area contributed by atoms with Crippen LogP contribution in [0, 0.1) is 0 Å². The topological polar surface area (TPSA) is 64.9 Å². The number of furan rings is 2. The molecular formula is C17H9Cl2NO4. The van der Waals surface area contributed by atoms with E-state index in [0.717, 1.165) is 0 Å². The second-order valence-electron chi connectivity index (χ2n) is 4.79. The molecule has 0 spiro atoms. The Bertz CT molecular complexity index is 972. The number of nitrogens with zero attached hydrogens (tertiary/aromatic N) is 1. The van der Waals surface area contributed by atoms with E-state index in [1.807, 2.05) is 0 Å². The lowest BCUT2D eigenvalue weighted by Crippen LogP contribution is -1.92. The molecule has 0 N–H and O–H groups in total. The van der Waals surface area contributed by atoms with Gasteiger partial charge in [-0.1, -0.05) is 23.2 Å². The molecule has 0 atom stereocenters. The van der Waals surface area contributed by atoms with E-state index < -0.39 is 0 Å². The van der Waals surface area contributed by atoms with Crippen LogP contribution in [0.1, 0.15) is 0 Å². The molecule has 0 aliphatic rings. The van der Waals surface area contributed by atoms with Crippen LogP contribution in [0.15, 0.2) is 77.7 Å². The summed E-state index contributed by atoms with van der Waals surface area (Å²) in [5.74, 6) is 1.75. The smallest absolute Gasteiger partial charge is 0.400 e. The maximum Gasteiger partial charge on any atom is 0.400 e. The van der Waals surface area contributed by atoms with E-state index >= 15 is 0 Å². The molecule has 0 bridgehead atoms. The predicted octanol–water partition coefficient (Wildman–Crippen LogP) is 5.93. The average molecular weight is 362 g/mol. The van der Waals surface area contributed by atoms with E-state index in [1.54, 1.807) is 42.5 Å². The van der Waals surface area contributed by atoms with E-state index in [4.69, 9.17) is 40.9 Å². The monoisotopic (exact) mass is 361 g/mol. The molecule has 0 saturated heterocycles. The lowest BCUT2D eigenvalue weighted by Gasteiger charge is -1.95. The highest BCUT2D eigenvalue weighted by Gasteiger charge is 2.20. The summed E-state index contributed by atoms with van der Waals surface area (Å²) in [5.41, 5.74) is 0.468. The third-order valence-electron chi connectivity index (χ3n) is 3.20. The number of rotatable bonds is 3. The normalized spacial score (nSPS) is 10.9. The number of hydrogen-bond acceptors (Lipinski definition) is 5. The van der Waals surface area contributed by atoms with Crippen LogP contribution in [0.3, 0.4) is 0 Å². The van der Waals surface area contributed by atoms with Gasteiger partial charge in [-0.2, -0.15) is 4.99 Å². The van der Waals surface area contributed by atoms with Crippen molar-refractivity contribution in [3.05, 3.63) is 70.8 Å². The zero-order valence-corrected chi connectivity index (χ0v) is 13.5. The summed E-state index contributed by atoms with van der Waals surface area (Å²) in [6.45, 7) is 0. The summed E-state index contributed by atoms with van der Waals surface area (Å²) in [5, 5.41) is 0.899. The van der Waals surface area contributed by atoms with E-state index in [9.17, 15) is 0 Å². The molecule has 5 nitrogen and oxygen atoms in total. The van der Waals surface area contributed by atoms with E-state index in [0.29, 0.717) is 38.8 Å². The Hall–Kier alpha value is -2.63. The van der Waals surface area contributed by atoms with Gasteiger partial charge in [0.1, 0.15) is 0 Å². The summed E-state index contributed by atoms with van der Waals surface area (Å²) in [6, 6.07) is 11.9. The van der Waals surface area contributed by atoms with Crippen molar-refractivity contribution in [3.8, 4) is 23.0 Å². The van der Waals surface area contributed by atoms with Gasteiger partial charge in [0.15, 0.2) is 11.5 Å². The molecule has 3 heterocycles. The van der Waals surface area contributed by atoms with Crippen LogP contribution >= 0.6 is 23.2 Å². The molecule has 4 aromatic rings. The van der Waals surface area contributed by atoms with Crippen molar-refractivity contribution in [2.75, 3.05) is 0 Å². The van der Waals surface area contributed by atoms with Crippen LogP contribution in [-0.4, -0.2) is 0 Å². The van der Waals surface area contributed by atoms with Gasteiger partial charge in [-0.3, -0.25) is 0 Å². The zero-order chi connectivity index (χ0) is 16.5. The molecule has 0 fully saturated rings. The van der Waals surface area contributed by atoms with Crippen molar-refractivity contribution in [1.29, 1.82) is 0 Å². The Labute approximate surface area is 145 Å². The first-order valence-corrected chi connectivity index (χ1v) is 7.68. The van der Waals surface area contributed by atoms with Crippen LogP contribution in [0.4, 0.5) is 5.69 Å². The van der Waals surface area contributed by atoms with E-state index in [-0.39, 0.29) is 5.75 Å². The predicted molar refractivity (Wildman–Crippen MR) is 88.1 cm³/mol. The summed E-state index contributed by atoms with van der Waals surface area (Å²) in [6.07, 6.45) is 3.08. The van der Waals surface area contributed by atoms with Gasteiger partial charge >= 0.3 is 5.75 Å². The van der Waals surface area contributed by atoms with Crippen LogP contribution in [0.25, 0.3) is 23.0 Å². The first kappa shape index (κ1) is 14.9. The molecule has 0 amide bonds. The van der Waals surface area contributed by atoms with Gasteiger partial charge in [0.25, 0.3) is 0 Å². The Morgan fingerprint density at radius 3 is 1.92 bits per heavy atom. The van der Waals surface area contributed by atoms with Crippen LogP contribution in [0.2, 0.25) is 10.0 Å². The molecule has 4 rings (SSSR count). The van der Waals surface area contributed by atoms with Crippen molar-refractivity contribution in [2.24, 2.45) is 4.99 Å². The van der Waals surface area contributed by atoms with Crippen molar-refractivity contribution >= 4 is 28.9 Å². The van der Waals surface area contributed by atoms with Gasteiger partial charge in [0, 0.05) is 5.02 Å². The van der Waals surface area contributed by atoms with Crippen LogP contribution in [-0.2, 0) is 0 Å². The highest BCUT2D eigenvalue weighted by Crippen LogP contribution is 2.33. The molecule has 120 valence electrons. The summed E-state index contributed by atoms with van der Waals surface area (Å²) in [4.78, 5) is 4.28. The van der Waals surface area contributed by atoms with Crippen molar-refractivity contribution in [2.45, 2.75) is 0 Å². The molecule has 0 aliphatic carbocycles. The highest BCUT2D eigenvalue weighted by molar-refractivity contribution is 6.36. The molecular weight excluding hydrogens is 353 g/mol. The molecule has 0 radical (unpaired) electrons. The lowest BCUT2D eigenvalue weighted by molar-refractivity contribution is 0.369. The first-order chi connectivity index (χ1) is 11.7. The van der Waals surface area contributed by atoms with E-state index in [2.05, 4.69) is 4.99 Å². The SMILES string of the molecule is Clc1ccc(N=c2oc(-c3ccco3)c(-c3ccco3)o2)c(Cl)c1. The van der Waals surface area contributed by atoms with Crippen LogP contribution in [0.5, 0.6) is 0 Å². The van der Waals surface area contributed by atoms with Crippen LogP contribution < -0.4 is 5.75 Å².